The summed E-state index contributed by atoms with van der Waals surface area (Å²) < 4.78 is 19.0. The fourth-order valence-electron chi connectivity index (χ4n) is 12.3. The average Bonchev–Trinajstić information content (AvgIpc) is 3.22. The number of aliphatic carboxylic acids is 2. The third kappa shape index (κ3) is 11.3. The maximum absolute atomic E-state index is 13.0. The molecule has 16 nitrogen and oxygen atoms in total. The number of carboxylic acid groups (broad SMARTS) is 2. The highest BCUT2D eigenvalue weighted by Gasteiger charge is 2.48. The summed E-state index contributed by atoms with van der Waals surface area (Å²) >= 11 is 0. The van der Waals surface area contributed by atoms with Gasteiger partial charge in [0.05, 0.1) is 48.3 Å². The SMILES string of the molecule is CC(C)(C1CCC(OC2CCC(OC(=O)C3CC([N+](=O)[O-])CCC3C(=O)O)CC2)CC1)C1CCC(OC2CCC(C(OO)C3CC([N+](=O)[O-])CCC3C(=O)O)CC2)CC1. The molecular weight excluding hydrogens is 768 g/mol. The number of ether oxygens (including phenoxy) is 3. The molecule has 6 aliphatic rings. The van der Waals surface area contributed by atoms with Gasteiger partial charge >= 0.3 is 17.9 Å². The summed E-state index contributed by atoms with van der Waals surface area (Å²) in [5.41, 5.74) is 0.202. The van der Waals surface area contributed by atoms with Gasteiger partial charge < -0.3 is 24.4 Å². The van der Waals surface area contributed by atoms with Crippen LogP contribution in [0.4, 0.5) is 0 Å². The molecule has 0 aliphatic heterocycles. The fourth-order valence-corrected chi connectivity index (χ4v) is 12.3. The molecule has 6 fully saturated rings. The van der Waals surface area contributed by atoms with Crippen molar-refractivity contribution in [2.75, 3.05) is 0 Å². The van der Waals surface area contributed by atoms with E-state index in [4.69, 9.17) is 19.1 Å². The van der Waals surface area contributed by atoms with Crippen LogP contribution in [0.3, 0.4) is 0 Å². The summed E-state index contributed by atoms with van der Waals surface area (Å²) in [7, 11) is 0. The molecule has 16 heteroatoms. The van der Waals surface area contributed by atoms with Gasteiger partial charge in [0, 0.05) is 41.4 Å². The minimum absolute atomic E-state index is 0.0700. The van der Waals surface area contributed by atoms with E-state index in [0.717, 1.165) is 89.9 Å². The minimum Gasteiger partial charge on any atom is -0.481 e. The number of carbonyl (C=O) groups is 3. The van der Waals surface area contributed by atoms with Gasteiger partial charge in [-0.05, 0) is 139 Å². The van der Waals surface area contributed by atoms with Crippen molar-refractivity contribution in [3.05, 3.63) is 20.2 Å². The highest BCUT2D eigenvalue weighted by Crippen LogP contribution is 2.50. The molecule has 0 aromatic carbocycles. The van der Waals surface area contributed by atoms with Crippen LogP contribution in [-0.2, 0) is 33.5 Å². The topological polar surface area (TPSA) is 235 Å². The zero-order valence-corrected chi connectivity index (χ0v) is 34.9. The van der Waals surface area contributed by atoms with Crippen LogP contribution in [0.2, 0.25) is 0 Å². The summed E-state index contributed by atoms with van der Waals surface area (Å²) in [6.45, 7) is 4.87. The Labute approximate surface area is 347 Å². The first-order valence-corrected chi connectivity index (χ1v) is 22.7. The van der Waals surface area contributed by atoms with Crippen LogP contribution < -0.4 is 0 Å². The van der Waals surface area contributed by atoms with Gasteiger partial charge in [0.2, 0.25) is 12.1 Å². The van der Waals surface area contributed by atoms with Gasteiger partial charge in [-0.3, -0.25) is 39.9 Å². The van der Waals surface area contributed by atoms with Crippen molar-refractivity contribution < 1.29 is 58.8 Å². The molecule has 0 heterocycles. The summed E-state index contributed by atoms with van der Waals surface area (Å²) in [6.07, 6.45) is 14.7. The van der Waals surface area contributed by atoms with E-state index in [2.05, 4.69) is 13.8 Å². The van der Waals surface area contributed by atoms with Crippen LogP contribution in [0.1, 0.15) is 155 Å². The van der Waals surface area contributed by atoms with Crippen molar-refractivity contribution in [2.24, 2.45) is 46.8 Å². The Morgan fingerprint density at radius 2 is 0.966 bits per heavy atom. The lowest BCUT2D eigenvalue weighted by atomic mass is 9.60. The maximum Gasteiger partial charge on any atom is 0.310 e. The third-order valence-corrected chi connectivity index (χ3v) is 16.1. The predicted molar refractivity (Wildman–Crippen MR) is 211 cm³/mol. The monoisotopic (exact) mass is 836 g/mol. The molecule has 0 bridgehead atoms. The molecule has 0 aromatic rings. The van der Waals surface area contributed by atoms with Crippen LogP contribution in [0, 0.1) is 67.1 Å². The molecule has 7 unspecified atom stereocenters. The van der Waals surface area contributed by atoms with Crippen molar-refractivity contribution in [1.82, 2.24) is 0 Å². The number of hydrogen-bond donors (Lipinski definition) is 3. The van der Waals surface area contributed by atoms with Crippen LogP contribution in [0.15, 0.2) is 0 Å². The zero-order valence-electron chi connectivity index (χ0n) is 34.9. The Balaban J connectivity index is 0.875. The van der Waals surface area contributed by atoms with Gasteiger partial charge in [0.15, 0.2) is 0 Å². The molecule has 0 amide bonds. The lowest BCUT2D eigenvalue weighted by Crippen LogP contribution is -2.46. The Hall–Kier alpha value is -2.95. The van der Waals surface area contributed by atoms with Gasteiger partial charge in [0.1, 0.15) is 6.10 Å². The second-order valence-electron chi connectivity index (χ2n) is 19.6. The van der Waals surface area contributed by atoms with Crippen LogP contribution in [0.25, 0.3) is 0 Å². The Kier molecular flexibility index (Phi) is 15.7. The number of nitro groups is 2. The van der Waals surface area contributed by atoms with E-state index in [1.807, 2.05) is 0 Å². The molecule has 6 rings (SSSR count). The molecule has 0 spiro atoms. The van der Waals surface area contributed by atoms with E-state index in [1.165, 1.54) is 0 Å². The van der Waals surface area contributed by atoms with E-state index in [0.29, 0.717) is 24.7 Å². The molecule has 6 saturated carbocycles. The number of carbonyl (C=O) groups excluding carboxylic acids is 1. The molecule has 0 radical (unpaired) electrons. The Morgan fingerprint density at radius 1 is 0.559 bits per heavy atom. The van der Waals surface area contributed by atoms with Crippen molar-refractivity contribution in [2.45, 2.75) is 204 Å². The molecule has 3 N–H and O–H groups in total. The summed E-state index contributed by atoms with van der Waals surface area (Å²) in [6, 6.07) is -1.73. The van der Waals surface area contributed by atoms with Gasteiger partial charge in [-0.25, -0.2) is 4.89 Å². The van der Waals surface area contributed by atoms with Crippen molar-refractivity contribution >= 4 is 17.9 Å². The van der Waals surface area contributed by atoms with Crippen LogP contribution in [-0.4, -0.2) is 91.9 Å². The van der Waals surface area contributed by atoms with Gasteiger partial charge in [-0.15, -0.1) is 0 Å². The predicted octanol–water partition coefficient (Wildman–Crippen LogP) is 7.73. The zero-order chi connectivity index (χ0) is 42.4. The number of esters is 1. The van der Waals surface area contributed by atoms with E-state index in [-0.39, 0.29) is 85.3 Å². The Bertz CT molecular complexity index is 1450. The number of nitrogens with zero attached hydrogens (tertiary/aromatic N) is 2. The molecule has 59 heavy (non-hydrogen) atoms. The average molecular weight is 837 g/mol. The summed E-state index contributed by atoms with van der Waals surface area (Å²) in [5, 5.41) is 52.2. The van der Waals surface area contributed by atoms with Crippen molar-refractivity contribution in [3.63, 3.8) is 0 Å². The van der Waals surface area contributed by atoms with Gasteiger partial charge in [-0.1, -0.05) is 13.8 Å². The molecule has 0 aromatic heterocycles. The maximum atomic E-state index is 13.0. The number of rotatable bonds is 15. The summed E-state index contributed by atoms with van der Waals surface area (Å²) in [5.74, 6) is -4.84. The lowest BCUT2D eigenvalue weighted by molar-refractivity contribution is -0.530. The van der Waals surface area contributed by atoms with Gasteiger partial charge in [0.25, 0.3) is 0 Å². The first-order chi connectivity index (χ1) is 28.1. The van der Waals surface area contributed by atoms with Crippen LogP contribution in [0.5, 0.6) is 0 Å². The van der Waals surface area contributed by atoms with E-state index >= 15 is 0 Å². The minimum atomic E-state index is -1.10. The molecular formula is C43H68N2O14. The quantitative estimate of drug-likeness (QED) is 0.0620. The lowest BCUT2D eigenvalue weighted by Gasteiger charge is -2.47. The largest absolute Gasteiger partial charge is 0.481 e. The summed E-state index contributed by atoms with van der Waals surface area (Å²) in [4.78, 5) is 63.8. The molecule has 6 aliphatic carbocycles. The smallest absolute Gasteiger partial charge is 0.310 e. The highest BCUT2D eigenvalue weighted by molar-refractivity contribution is 5.81. The third-order valence-electron chi connectivity index (χ3n) is 16.1. The normalized spacial score (nSPS) is 39.0. The standard InChI is InChI=1S/C43H68N2O14/c1-43(2,26-5-13-31(14-6-26)56-30-11-3-25(4-12-30)39(59-55)37-23-28(44(51)52)9-21-35(37)40(46)47)27-7-15-32(16-8-27)57-33-17-19-34(20-18-33)58-42(50)38-24-29(45(53)54)10-22-36(38)41(48)49/h25-39,55H,3-24H2,1-2H3,(H,46,47)(H,48,49). The molecule has 334 valence electrons. The second kappa shape index (κ2) is 20.3. The highest BCUT2D eigenvalue weighted by atomic mass is 17.1. The Morgan fingerprint density at radius 3 is 1.41 bits per heavy atom. The van der Waals surface area contributed by atoms with Crippen molar-refractivity contribution in [3.8, 4) is 0 Å². The van der Waals surface area contributed by atoms with Gasteiger partial charge in [-0.2, -0.15) is 0 Å². The van der Waals surface area contributed by atoms with Crippen molar-refractivity contribution in [1.29, 1.82) is 0 Å². The first kappa shape index (κ1) is 45.6. The number of carboxylic acids is 2. The van der Waals surface area contributed by atoms with E-state index < -0.39 is 64.7 Å². The first-order valence-electron chi connectivity index (χ1n) is 22.7. The van der Waals surface area contributed by atoms with E-state index in [9.17, 15) is 50.1 Å². The molecule has 0 saturated heterocycles. The van der Waals surface area contributed by atoms with E-state index in [1.54, 1.807) is 0 Å². The van der Waals surface area contributed by atoms with Crippen LogP contribution >= 0.6 is 0 Å². The second-order valence-corrected chi connectivity index (χ2v) is 19.6. The molecule has 7 atom stereocenters. The number of hydrogen-bond acceptors (Lipinski definition) is 12. The fraction of sp³-hybridized carbons (Fsp3) is 0.930.